The fourth-order valence-corrected chi connectivity index (χ4v) is 5.05. The number of imidazole rings is 1. The number of amides is 1. The van der Waals surface area contributed by atoms with Gasteiger partial charge in [0.25, 0.3) is 0 Å². The molecule has 4 aromatic rings. The van der Waals surface area contributed by atoms with Gasteiger partial charge in [0.05, 0.1) is 27.4 Å². The van der Waals surface area contributed by atoms with E-state index in [1.807, 2.05) is 60.7 Å². The highest BCUT2D eigenvalue weighted by atomic mass is 32.2. The summed E-state index contributed by atoms with van der Waals surface area (Å²) in [7, 11) is -3.82. The Hall–Kier alpha value is -4.19. The molecule has 0 saturated heterocycles. The average molecular weight is 532 g/mol. The minimum absolute atomic E-state index is 0.00181. The van der Waals surface area contributed by atoms with Crippen molar-refractivity contribution in [2.24, 2.45) is 10.1 Å². The summed E-state index contributed by atoms with van der Waals surface area (Å²) >= 11 is 1.15. The fraction of sp³-hybridized carbons (Fsp3) is 0.0385. The number of fused-ring (bicyclic) bond motifs is 1. The Morgan fingerprint density at radius 2 is 1.73 bits per heavy atom. The van der Waals surface area contributed by atoms with Gasteiger partial charge in [-0.25, -0.2) is 23.5 Å². The van der Waals surface area contributed by atoms with Crippen LogP contribution in [-0.4, -0.2) is 34.7 Å². The number of nitrogens with one attached hydrogen (secondary N) is 1. The van der Waals surface area contributed by atoms with Crippen LogP contribution in [0.4, 0.5) is 5.69 Å². The van der Waals surface area contributed by atoms with Gasteiger partial charge < -0.3 is 10.4 Å². The molecule has 1 aromatic heterocycles. The molecular weight excluding hydrogens is 510 g/mol. The number of carbonyl (C=O) groups excluding carboxylic acids is 1. The summed E-state index contributed by atoms with van der Waals surface area (Å²) in [4.78, 5) is 21.7. The molecule has 1 aliphatic rings. The van der Waals surface area contributed by atoms with Crippen molar-refractivity contribution in [1.29, 1.82) is 0 Å². The molecule has 0 fully saturated rings. The zero-order valence-corrected chi connectivity index (χ0v) is 20.9. The lowest BCUT2D eigenvalue weighted by atomic mass is 10.2. The van der Waals surface area contributed by atoms with Crippen molar-refractivity contribution in [3.05, 3.63) is 101 Å². The lowest BCUT2D eigenvalue weighted by molar-refractivity contribution is -0.113. The van der Waals surface area contributed by atoms with Crippen molar-refractivity contribution in [3.8, 4) is 11.6 Å². The van der Waals surface area contributed by atoms with Crippen LogP contribution in [0, 0.1) is 0 Å². The number of nitrogens with two attached hydrogens (primary N) is 1. The minimum atomic E-state index is -3.82. The average Bonchev–Trinajstić information content (AvgIpc) is 3.43. The number of rotatable bonds is 7. The predicted octanol–water partition coefficient (Wildman–Crippen LogP) is 2.41. The summed E-state index contributed by atoms with van der Waals surface area (Å²) in [5.74, 6) is -0.400. The lowest BCUT2D eigenvalue weighted by Gasteiger charge is -2.09. The number of hydrogen-bond acceptors (Lipinski definition) is 7. The molecule has 0 spiro atoms. The normalized spacial score (nSPS) is 13.6. The Kier molecular flexibility index (Phi) is 6.66. The Bertz CT molecular complexity index is 1710. The number of hydrogen-bond donors (Lipinski definition) is 3. The first-order chi connectivity index (χ1) is 17.8. The van der Waals surface area contributed by atoms with E-state index in [4.69, 9.17) is 5.14 Å². The smallest absolute Gasteiger partial charge is 0.238 e. The van der Waals surface area contributed by atoms with Crippen molar-refractivity contribution >= 4 is 45.5 Å². The third kappa shape index (κ3) is 5.48. The summed E-state index contributed by atoms with van der Waals surface area (Å²) in [6.45, 7) is 0. The highest BCUT2D eigenvalue weighted by Gasteiger charge is 2.19. The number of thioether (sulfide) groups is 1. The van der Waals surface area contributed by atoms with E-state index in [0.717, 1.165) is 22.3 Å². The van der Waals surface area contributed by atoms with Gasteiger partial charge in [-0.15, -0.1) is 0 Å². The summed E-state index contributed by atoms with van der Waals surface area (Å²) in [5, 5.41) is 21.1. The standard InChI is InChI=1S/C26H21N5O4S2/c27-37(34,35)21-12-10-18(11-13-21)29-24(32)16-36-26-30-23(25(33)31(26)20-7-2-1-3-8-20)15-19-14-17-6-4-5-9-22(17)28-19/h1-15,33H,16H2,(H,29,32)(H2,27,34,35). The molecule has 0 aliphatic carbocycles. The zero-order chi connectivity index (χ0) is 26.0. The van der Waals surface area contributed by atoms with Crippen molar-refractivity contribution in [3.63, 3.8) is 0 Å². The number of nitrogens with zero attached hydrogens (tertiary/aromatic N) is 3. The van der Waals surface area contributed by atoms with Gasteiger partial charge in [-0.05, 0) is 54.6 Å². The van der Waals surface area contributed by atoms with Gasteiger partial charge in [0.1, 0.15) is 5.69 Å². The first kappa shape index (κ1) is 24.5. The quantitative estimate of drug-likeness (QED) is 0.313. The van der Waals surface area contributed by atoms with Gasteiger partial charge in [-0.1, -0.05) is 48.2 Å². The molecular formula is C26H21N5O4S2. The predicted molar refractivity (Wildman–Crippen MR) is 142 cm³/mol. The van der Waals surface area contributed by atoms with E-state index in [1.165, 1.54) is 24.3 Å². The SMILES string of the molecule is NS(=O)(=O)c1ccc(NC(=O)CSc2nc(C=C3C=c4ccccc4=N3)c(O)n2-c2ccccc2)cc1. The molecule has 0 unspecified atom stereocenters. The van der Waals surface area contributed by atoms with Crippen LogP contribution in [0.3, 0.4) is 0 Å². The second-order valence-corrected chi connectivity index (χ2v) is 10.6. The fourth-order valence-electron chi connectivity index (χ4n) is 3.72. The van der Waals surface area contributed by atoms with Gasteiger partial charge >= 0.3 is 0 Å². The second-order valence-electron chi connectivity index (χ2n) is 8.06. The topological polar surface area (TPSA) is 140 Å². The molecule has 1 amide bonds. The van der Waals surface area contributed by atoms with Crippen LogP contribution >= 0.6 is 11.8 Å². The van der Waals surface area contributed by atoms with Crippen LogP contribution in [0.1, 0.15) is 5.69 Å². The molecule has 186 valence electrons. The summed E-state index contributed by atoms with van der Waals surface area (Å²) < 4.78 is 24.4. The van der Waals surface area contributed by atoms with Gasteiger partial charge in [-0.3, -0.25) is 9.36 Å². The Morgan fingerprint density at radius 1 is 1.03 bits per heavy atom. The van der Waals surface area contributed by atoms with E-state index in [1.54, 1.807) is 10.6 Å². The Balaban J connectivity index is 1.39. The van der Waals surface area contributed by atoms with E-state index in [0.29, 0.717) is 27.9 Å². The van der Waals surface area contributed by atoms with Crippen LogP contribution in [0.25, 0.3) is 17.8 Å². The Morgan fingerprint density at radius 3 is 2.43 bits per heavy atom. The maximum atomic E-state index is 12.6. The molecule has 5 rings (SSSR count). The van der Waals surface area contributed by atoms with E-state index in [-0.39, 0.29) is 22.4 Å². The summed E-state index contributed by atoms with van der Waals surface area (Å²) in [6.07, 6.45) is 3.61. The first-order valence-electron chi connectivity index (χ1n) is 11.1. The number of aromatic nitrogens is 2. The Labute approximate surface area is 216 Å². The highest BCUT2D eigenvalue weighted by molar-refractivity contribution is 7.99. The number of aromatic hydroxyl groups is 1. The monoisotopic (exact) mass is 531 g/mol. The molecule has 4 N–H and O–H groups in total. The first-order valence-corrected chi connectivity index (χ1v) is 13.6. The molecule has 37 heavy (non-hydrogen) atoms. The number of benzene rings is 3. The van der Waals surface area contributed by atoms with Crippen molar-refractivity contribution < 1.29 is 18.3 Å². The van der Waals surface area contributed by atoms with Gasteiger partial charge in [0.2, 0.25) is 21.8 Å². The lowest BCUT2D eigenvalue weighted by Crippen LogP contribution is -2.19. The van der Waals surface area contributed by atoms with Gasteiger partial charge in [-0.2, -0.15) is 0 Å². The minimum Gasteiger partial charge on any atom is -0.493 e. The van der Waals surface area contributed by atoms with Crippen LogP contribution in [0.5, 0.6) is 5.88 Å². The third-order valence-electron chi connectivity index (χ3n) is 5.44. The summed E-state index contributed by atoms with van der Waals surface area (Å²) in [5.41, 5.74) is 2.10. The molecule has 1 aliphatic heterocycles. The highest BCUT2D eigenvalue weighted by Crippen LogP contribution is 2.32. The van der Waals surface area contributed by atoms with E-state index >= 15 is 0 Å². The molecule has 11 heteroatoms. The van der Waals surface area contributed by atoms with Crippen molar-refractivity contribution in [2.75, 3.05) is 11.1 Å². The number of para-hydroxylation sites is 2. The number of primary sulfonamides is 1. The van der Waals surface area contributed by atoms with Crippen molar-refractivity contribution in [1.82, 2.24) is 9.55 Å². The zero-order valence-electron chi connectivity index (χ0n) is 19.3. The molecule has 0 saturated carbocycles. The number of allylic oxidation sites excluding steroid dienone is 1. The van der Waals surface area contributed by atoms with E-state index in [9.17, 15) is 18.3 Å². The maximum Gasteiger partial charge on any atom is 0.238 e. The molecule has 0 atom stereocenters. The largest absolute Gasteiger partial charge is 0.493 e. The van der Waals surface area contributed by atoms with Crippen LogP contribution in [-0.2, 0) is 14.8 Å². The van der Waals surface area contributed by atoms with E-state index in [2.05, 4.69) is 15.3 Å². The van der Waals surface area contributed by atoms with E-state index < -0.39 is 10.0 Å². The molecule has 0 radical (unpaired) electrons. The molecule has 2 heterocycles. The van der Waals surface area contributed by atoms with Crippen molar-refractivity contribution in [2.45, 2.75) is 10.1 Å². The maximum absolute atomic E-state index is 12.6. The molecule has 9 nitrogen and oxygen atoms in total. The van der Waals surface area contributed by atoms with Gasteiger partial charge in [0, 0.05) is 10.9 Å². The van der Waals surface area contributed by atoms with Crippen LogP contribution < -0.4 is 21.0 Å². The third-order valence-corrected chi connectivity index (χ3v) is 7.30. The second kappa shape index (κ2) is 10.1. The number of anilines is 1. The van der Waals surface area contributed by atoms with Gasteiger partial charge in [0.15, 0.2) is 5.16 Å². The number of carbonyl (C=O) groups is 1. The van der Waals surface area contributed by atoms with Crippen LogP contribution in [0.15, 0.2) is 99.6 Å². The number of sulfonamides is 1. The summed E-state index contributed by atoms with van der Waals surface area (Å²) in [6, 6.07) is 22.5. The van der Waals surface area contributed by atoms with Crippen LogP contribution in [0.2, 0.25) is 0 Å². The molecule has 3 aromatic carbocycles. The molecule has 0 bridgehead atoms.